The molecule has 1 atom stereocenters. The second kappa shape index (κ2) is 9.89. The molecule has 1 aromatic carbocycles. The number of likely N-dealkylation sites (tertiary alicyclic amines) is 1. The number of hydrogen-bond acceptors (Lipinski definition) is 5. The summed E-state index contributed by atoms with van der Waals surface area (Å²) >= 11 is 1.52. The fourth-order valence-electron chi connectivity index (χ4n) is 3.53. The number of carbonyl (C=O) groups excluding carboxylic acids is 2. The number of carbonyl (C=O) groups is 2. The Morgan fingerprint density at radius 3 is 2.66 bits per heavy atom. The van der Waals surface area contributed by atoms with E-state index in [9.17, 15) is 9.59 Å². The highest BCUT2D eigenvalue weighted by Gasteiger charge is 2.27. The molecule has 1 unspecified atom stereocenters. The van der Waals surface area contributed by atoms with Crippen LogP contribution in [0.2, 0.25) is 0 Å². The van der Waals surface area contributed by atoms with E-state index >= 15 is 0 Å². The summed E-state index contributed by atoms with van der Waals surface area (Å²) in [5, 5.41) is 6.14. The number of ether oxygens (including phenoxy) is 1. The van der Waals surface area contributed by atoms with E-state index in [1.165, 1.54) is 11.3 Å². The number of rotatable bonds is 7. The van der Waals surface area contributed by atoms with Gasteiger partial charge in [-0.3, -0.25) is 14.5 Å². The molecule has 1 aromatic heterocycles. The number of thiophene rings is 1. The third-order valence-corrected chi connectivity index (χ3v) is 6.36. The quantitative estimate of drug-likeness (QED) is 0.729. The van der Waals surface area contributed by atoms with Crippen LogP contribution in [-0.2, 0) is 11.3 Å². The second-order valence-corrected chi connectivity index (χ2v) is 8.73. The highest BCUT2D eigenvalue weighted by atomic mass is 32.1. The Balaban J connectivity index is 1.43. The van der Waals surface area contributed by atoms with Crippen molar-refractivity contribution >= 4 is 23.2 Å². The third kappa shape index (κ3) is 5.81. The maximum atomic E-state index is 12.6. The number of hydrogen-bond donors (Lipinski definition) is 2. The monoisotopic (exact) mass is 415 g/mol. The van der Waals surface area contributed by atoms with Gasteiger partial charge in [0, 0.05) is 30.6 Å². The number of nitrogens with zero attached hydrogens (tertiary/aromatic N) is 1. The zero-order chi connectivity index (χ0) is 20.8. The largest absolute Gasteiger partial charge is 0.497 e. The topological polar surface area (TPSA) is 70.7 Å². The number of amides is 2. The Morgan fingerprint density at radius 2 is 2.00 bits per heavy atom. The molecule has 29 heavy (non-hydrogen) atoms. The van der Waals surface area contributed by atoms with Gasteiger partial charge in [0.15, 0.2) is 0 Å². The van der Waals surface area contributed by atoms with Gasteiger partial charge < -0.3 is 15.4 Å². The zero-order valence-corrected chi connectivity index (χ0v) is 18.1. The number of benzene rings is 1. The summed E-state index contributed by atoms with van der Waals surface area (Å²) in [5.74, 6) is 0.807. The molecule has 1 aliphatic rings. The van der Waals surface area contributed by atoms with Crippen molar-refractivity contribution in [3.8, 4) is 5.75 Å². The molecule has 0 bridgehead atoms. The molecule has 0 saturated carbocycles. The Labute approximate surface area is 176 Å². The highest BCUT2D eigenvalue weighted by molar-refractivity contribution is 7.13. The minimum atomic E-state index is -0.197. The van der Waals surface area contributed by atoms with Crippen LogP contribution >= 0.6 is 11.3 Å². The van der Waals surface area contributed by atoms with Crippen LogP contribution in [0.5, 0.6) is 5.75 Å². The van der Waals surface area contributed by atoms with E-state index in [0.29, 0.717) is 6.54 Å². The lowest BCUT2D eigenvalue weighted by Gasteiger charge is -2.35. The van der Waals surface area contributed by atoms with Crippen molar-refractivity contribution in [3.05, 3.63) is 51.7 Å². The van der Waals surface area contributed by atoms with Gasteiger partial charge in [-0.1, -0.05) is 12.1 Å². The first-order chi connectivity index (χ1) is 14.0. The van der Waals surface area contributed by atoms with Crippen molar-refractivity contribution in [1.82, 2.24) is 15.5 Å². The lowest BCUT2D eigenvalue weighted by atomic mass is 10.0. The minimum Gasteiger partial charge on any atom is -0.497 e. The van der Waals surface area contributed by atoms with Crippen LogP contribution in [0.25, 0.3) is 0 Å². The number of aryl methyl sites for hydroxylation is 1. The van der Waals surface area contributed by atoms with Gasteiger partial charge in [0.2, 0.25) is 5.91 Å². The molecule has 2 aromatic rings. The SMILES string of the molecule is COc1cccc(CNC(=O)C(C)N2CCC(NC(=O)c3ccc(C)s3)CC2)c1. The molecule has 156 valence electrons. The highest BCUT2D eigenvalue weighted by Crippen LogP contribution is 2.18. The summed E-state index contributed by atoms with van der Waals surface area (Å²) in [6, 6.07) is 11.5. The molecule has 1 saturated heterocycles. The van der Waals surface area contributed by atoms with E-state index in [1.54, 1.807) is 7.11 Å². The van der Waals surface area contributed by atoms with Crippen molar-refractivity contribution in [2.45, 2.75) is 45.3 Å². The Morgan fingerprint density at radius 1 is 1.24 bits per heavy atom. The number of piperidine rings is 1. The second-order valence-electron chi connectivity index (χ2n) is 7.44. The summed E-state index contributed by atoms with van der Waals surface area (Å²) in [7, 11) is 1.63. The average molecular weight is 416 g/mol. The first kappa shape index (κ1) is 21.3. The van der Waals surface area contributed by atoms with Gasteiger partial charge in [0.1, 0.15) is 5.75 Å². The van der Waals surface area contributed by atoms with Gasteiger partial charge in [-0.25, -0.2) is 0 Å². The fraction of sp³-hybridized carbons (Fsp3) is 0.455. The van der Waals surface area contributed by atoms with E-state index in [0.717, 1.165) is 47.0 Å². The molecule has 2 amide bonds. The van der Waals surface area contributed by atoms with Crippen molar-refractivity contribution < 1.29 is 14.3 Å². The average Bonchev–Trinajstić information content (AvgIpc) is 3.18. The first-order valence-corrected chi connectivity index (χ1v) is 10.8. The van der Waals surface area contributed by atoms with Crippen molar-refractivity contribution in [3.63, 3.8) is 0 Å². The number of nitrogens with one attached hydrogen (secondary N) is 2. The molecule has 0 spiro atoms. The van der Waals surface area contributed by atoms with Crippen molar-refractivity contribution in [2.24, 2.45) is 0 Å². The van der Waals surface area contributed by atoms with Gasteiger partial charge in [-0.2, -0.15) is 0 Å². The third-order valence-electron chi connectivity index (χ3n) is 5.36. The lowest BCUT2D eigenvalue weighted by molar-refractivity contribution is -0.126. The van der Waals surface area contributed by atoms with Gasteiger partial charge >= 0.3 is 0 Å². The summed E-state index contributed by atoms with van der Waals surface area (Å²) in [6.45, 7) is 6.01. The smallest absolute Gasteiger partial charge is 0.261 e. The van der Waals surface area contributed by atoms with Crippen LogP contribution in [-0.4, -0.2) is 49.0 Å². The molecule has 3 rings (SSSR count). The Bertz CT molecular complexity index is 843. The predicted octanol–water partition coefficient (Wildman–Crippen LogP) is 2.96. The maximum Gasteiger partial charge on any atom is 0.261 e. The fourth-order valence-corrected chi connectivity index (χ4v) is 4.30. The van der Waals surface area contributed by atoms with Gasteiger partial charge in [0.05, 0.1) is 18.0 Å². The van der Waals surface area contributed by atoms with Gasteiger partial charge in [0.25, 0.3) is 5.91 Å². The molecular formula is C22H29N3O3S. The van der Waals surface area contributed by atoms with E-state index in [2.05, 4.69) is 15.5 Å². The van der Waals surface area contributed by atoms with E-state index < -0.39 is 0 Å². The van der Waals surface area contributed by atoms with E-state index in [4.69, 9.17) is 4.74 Å². The van der Waals surface area contributed by atoms with Crippen molar-refractivity contribution in [2.75, 3.05) is 20.2 Å². The van der Waals surface area contributed by atoms with Crippen LogP contribution in [0, 0.1) is 6.92 Å². The molecule has 1 fully saturated rings. The van der Waals surface area contributed by atoms with Crippen LogP contribution in [0.4, 0.5) is 0 Å². The molecule has 2 heterocycles. The first-order valence-electron chi connectivity index (χ1n) is 9.98. The summed E-state index contributed by atoms with van der Waals surface area (Å²) in [6.07, 6.45) is 1.70. The lowest BCUT2D eigenvalue weighted by Crippen LogP contribution is -2.51. The molecule has 7 heteroatoms. The summed E-state index contributed by atoms with van der Waals surface area (Å²) in [5.41, 5.74) is 1.01. The van der Waals surface area contributed by atoms with Gasteiger partial charge in [-0.15, -0.1) is 11.3 Å². The van der Waals surface area contributed by atoms with Crippen LogP contribution in [0.3, 0.4) is 0 Å². The van der Waals surface area contributed by atoms with Crippen molar-refractivity contribution in [1.29, 1.82) is 0 Å². The molecule has 0 radical (unpaired) electrons. The molecule has 0 aliphatic carbocycles. The Hall–Kier alpha value is -2.38. The number of methoxy groups -OCH3 is 1. The standard InChI is InChI=1S/C22H29N3O3S/c1-15-7-8-20(29-15)22(27)24-18-9-11-25(12-10-18)16(2)21(26)23-14-17-5-4-6-19(13-17)28-3/h4-8,13,16,18H,9-12,14H2,1-3H3,(H,23,26)(H,24,27). The van der Waals surface area contributed by atoms with Crippen LogP contribution < -0.4 is 15.4 Å². The van der Waals surface area contributed by atoms with E-state index in [-0.39, 0.29) is 23.9 Å². The van der Waals surface area contributed by atoms with Gasteiger partial charge in [-0.05, 0) is 56.5 Å². The zero-order valence-electron chi connectivity index (χ0n) is 17.2. The maximum absolute atomic E-state index is 12.6. The minimum absolute atomic E-state index is 0.00521. The molecular weight excluding hydrogens is 386 g/mol. The Kier molecular flexibility index (Phi) is 7.28. The van der Waals surface area contributed by atoms with Crippen LogP contribution in [0.15, 0.2) is 36.4 Å². The normalized spacial score (nSPS) is 16.2. The molecule has 2 N–H and O–H groups in total. The molecule has 1 aliphatic heterocycles. The van der Waals surface area contributed by atoms with E-state index in [1.807, 2.05) is 50.2 Å². The summed E-state index contributed by atoms with van der Waals surface area (Å²) < 4.78 is 5.22. The summed E-state index contributed by atoms with van der Waals surface area (Å²) in [4.78, 5) is 29.0. The molecule has 6 nitrogen and oxygen atoms in total. The predicted molar refractivity (Wildman–Crippen MR) is 115 cm³/mol. The van der Waals surface area contributed by atoms with Crippen LogP contribution in [0.1, 0.15) is 39.9 Å².